The topological polar surface area (TPSA) is 89.6 Å². The Morgan fingerprint density at radius 1 is 1.16 bits per heavy atom. The Hall–Kier alpha value is -3.13. The van der Waals surface area contributed by atoms with Gasteiger partial charge < -0.3 is 11.1 Å². The second-order valence-corrected chi connectivity index (χ2v) is 6.41. The van der Waals surface area contributed by atoms with Crippen molar-refractivity contribution >= 4 is 39.0 Å². The van der Waals surface area contributed by atoms with Crippen LogP contribution in [-0.2, 0) is 0 Å². The molecule has 0 saturated carbocycles. The van der Waals surface area contributed by atoms with Gasteiger partial charge in [0.15, 0.2) is 5.82 Å². The zero-order chi connectivity index (χ0) is 17.4. The van der Waals surface area contributed by atoms with Crippen LogP contribution in [0.4, 0.5) is 21.8 Å². The summed E-state index contributed by atoms with van der Waals surface area (Å²) >= 11 is 1.38. The largest absolute Gasteiger partial charge is 0.384 e. The number of benzene rings is 1. The third kappa shape index (κ3) is 2.87. The van der Waals surface area contributed by atoms with Crippen LogP contribution in [0.1, 0.15) is 5.56 Å². The molecule has 3 aromatic heterocycles. The van der Waals surface area contributed by atoms with Crippen LogP contribution in [0.2, 0.25) is 0 Å². The van der Waals surface area contributed by atoms with Gasteiger partial charge >= 0.3 is 0 Å². The summed E-state index contributed by atoms with van der Waals surface area (Å²) in [6, 6.07) is 8.41. The molecular weight excluding hydrogens is 339 g/mol. The number of anilines is 3. The number of nitrogens with two attached hydrogens (primary N) is 1. The number of nitrogen functional groups attached to an aromatic ring is 1. The molecule has 0 fully saturated rings. The van der Waals surface area contributed by atoms with Gasteiger partial charge in [-0.2, -0.15) is 0 Å². The Morgan fingerprint density at radius 3 is 2.84 bits per heavy atom. The van der Waals surface area contributed by atoms with Crippen molar-refractivity contribution in [1.82, 2.24) is 19.9 Å². The van der Waals surface area contributed by atoms with Crippen molar-refractivity contribution in [3.8, 4) is 10.6 Å². The first kappa shape index (κ1) is 15.4. The van der Waals surface area contributed by atoms with Gasteiger partial charge in [0.25, 0.3) is 0 Å². The SMILES string of the molecule is Cc1cccc(F)c1-c1nc2ccnc(Nc3cc(N)ncn3)c2s1. The maximum Gasteiger partial charge on any atom is 0.151 e. The minimum Gasteiger partial charge on any atom is -0.384 e. The molecular formula is C17H13FN6S. The summed E-state index contributed by atoms with van der Waals surface area (Å²) in [5, 5.41) is 3.73. The molecule has 1 aromatic carbocycles. The van der Waals surface area contributed by atoms with Crippen LogP contribution in [0.5, 0.6) is 0 Å². The van der Waals surface area contributed by atoms with Crippen molar-refractivity contribution in [2.24, 2.45) is 0 Å². The highest BCUT2D eigenvalue weighted by Crippen LogP contribution is 2.36. The molecule has 0 amide bonds. The average molecular weight is 352 g/mol. The molecule has 0 bridgehead atoms. The van der Waals surface area contributed by atoms with Gasteiger partial charge in [-0.3, -0.25) is 0 Å². The van der Waals surface area contributed by atoms with Gasteiger partial charge in [0.05, 0.1) is 10.2 Å². The normalized spacial score (nSPS) is 11.0. The van der Waals surface area contributed by atoms with Gasteiger partial charge in [0, 0.05) is 17.8 Å². The van der Waals surface area contributed by atoms with Crippen LogP contribution in [-0.4, -0.2) is 19.9 Å². The number of fused-ring (bicyclic) bond motifs is 1. The molecule has 3 N–H and O–H groups in total. The highest BCUT2D eigenvalue weighted by atomic mass is 32.1. The highest BCUT2D eigenvalue weighted by Gasteiger charge is 2.15. The predicted molar refractivity (Wildman–Crippen MR) is 97.3 cm³/mol. The second kappa shape index (κ2) is 6.06. The van der Waals surface area contributed by atoms with E-state index in [0.717, 1.165) is 15.8 Å². The molecule has 0 atom stereocenters. The molecule has 124 valence electrons. The lowest BCUT2D eigenvalue weighted by molar-refractivity contribution is 0.630. The van der Waals surface area contributed by atoms with E-state index in [2.05, 4.69) is 25.3 Å². The first-order valence-electron chi connectivity index (χ1n) is 7.47. The molecule has 0 aliphatic rings. The van der Waals surface area contributed by atoms with E-state index in [4.69, 9.17) is 5.73 Å². The van der Waals surface area contributed by atoms with E-state index < -0.39 is 0 Å². The Kier molecular flexibility index (Phi) is 3.73. The maximum absolute atomic E-state index is 14.3. The molecule has 4 rings (SSSR count). The number of hydrogen-bond acceptors (Lipinski definition) is 7. The molecule has 25 heavy (non-hydrogen) atoms. The van der Waals surface area contributed by atoms with E-state index in [9.17, 15) is 4.39 Å². The molecule has 0 unspecified atom stereocenters. The van der Waals surface area contributed by atoms with E-state index in [0.29, 0.717) is 28.0 Å². The van der Waals surface area contributed by atoms with E-state index in [1.165, 1.54) is 23.7 Å². The fourth-order valence-corrected chi connectivity index (χ4v) is 3.63. The average Bonchev–Trinajstić information content (AvgIpc) is 2.99. The summed E-state index contributed by atoms with van der Waals surface area (Å²) in [6.45, 7) is 1.87. The van der Waals surface area contributed by atoms with Gasteiger partial charge in [0.1, 0.15) is 28.8 Å². The van der Waals surface area contributed by atoms with Crippen molar-refractivity contribution in [1.29, 1.82) is 0 Å². The van der Waals surface area contributed by atoms with E-state index in [1.54, 1.807) is 24.4 Å². The lowest BCUT2D eigenvalue weighted by Crippen LogP contribution is -1.98. The fourth-order valence-electron chi connectivity index (χ4n) is 2.52. The Bertz CT molecular complexity index is 1060. The second-order valence-electron chi connectivity index (χ2n) is 5.41. The Balaban J connectivity index is 1.82. The number of nitrogens with zero attached hydrogens (tertiary/aromatic N) is 4. The van der Waals surface area contributed by atoms with Gasteiger partial charge in [-0.1, -0.05) is 12.1 Å². The van der Waals surface area contributed by atoms with E-state index in [1.807, 2.05) is 13.0 Å². The zero-order valence-electron chi connectivity index (χ0n) is 13.2. The summed E-state index contributed by atoms with van der Waals surface area (Å²) in [4.78, 5) is 16.9. The minimum atomic E-state index is -0.287. The molecule has 0 radical (unpaired) electrons. The molecule has 3 heterocycles. The number of halogens is 1. The monoisotopic (exact) mass is 352 g/mol. The Labute approximate surface area is 146 Å². The van der Waals surface area contributed by atoms with Crippen LogP contribution < -0.4 is 11.1 Å². The molecule has 0 aliphatic heterocycles. The molecule has 4 aromatic rings. The zero-order valence-corrected chi connectivity index (χ0v) is 14.0. The van der Waals surface area contributed by atoms with E-state index >= 15 is 0 Å². The number of aromatic nitrogens is 4. The van der Waals surface area contributed by atoms with Crippen molar-refractivity contribution in [3.05, 3.63) is 54.2 Å². The quantitative estimate of drug-likeness (QED) is 0.581. The standard InChI is InChI=1S/C17H13FN6S/c1-9-3-2-4-10(18)14(9)17-23-11-5-6-20-16(15(11)25-17)24-13-7-12(19)21-8-22-13/h2-8H,1H3,(H3,19,20,21,22,24). The van der Waals surface area contributed by atoms with Gasteiger partial charge in [-0.05, 0) is 24.6 Å². The lowest BCUT2D eigenvalue weighted by Gasteiger charge is -2.05. The minimum absolute atomic E-state index is 0.287. The molecule has 0 saturated heterocycles. The first-order chi connectivity index (χ1) is 12.1. The number of nitrogens with one attached hydrogen (secondary N) is 1. The summed E-state index contributed by atoms with van der Waals surface area (Å²) in [5.74, 6) is 1.19. The molecule has 8 heteroatoms. The first-order valence-corrected chi connectivity index (χ1v) is 8.29. The number of thiazole rings is 1. The van der Waals surface area contributed by atoms with Crippen molar-refractivity contribution in [2.45, 2.75) is 6.92 Å². The van der Waals surface area contributed by atoms with Gasteiger partial charge in [0.2, 0.25) is 0 Å². The Morgan fingerprint density at radius 2 is 2.04 bits per heavy atom. The van der Waals surface area contributed by atoms with Crippen LogP contribution in [0.25, 0.3) is 20.8 Å². The van der Waals surface area contributed by atoms with Crippen LogP contribution in [0, 0.1) is 12.7 Å². The maximum atomic E-state index is 14.3. The third-order valence-corrected chi connectivity index (χ3v) is 4.77. The van der Waals surface area contributed by atoms with Crippen molar-refractivity contribution < 1.29 is 4.39 Å². The molecule has 0 aliphatic carbocycles. The number of hydrogen-bond donors (Lipinski definition) is 2. The molecule has 0 spiro atoms. The van der Waals surface area contributed by atoms with E-state index in [-0.39, 0.29) is 5.82 Å². The lowest BCUT2D eigenvalue weighted by atomic mass is 10.1. The molecule has 6 nitrogen and oxygen atoms in total. The van der Waals surface area contributed by atoms with Crippen molar-refractivity contribution in [2.75, 3.05) is 11.1 Å². The van der Waals surface area contributed by atoms with Gasteiger partial charge in [-0.25, -0.2) is 24.3 Å². The van der Waals surface area contributed by atoms with Crippen LogP contribution >= 0.6 is 11.3 Å². The fraction of sp³-hybridized carbons (Fsp3) is 0.0588. The van der Waals surface area contributed by atoms with Gasteiger partial charge in [-0.15, -0.1) is 11.3 Å². The third-order valence-electron chi connectivity index (χ3n) is 3.67. The number of aryl methyl sites for hydroxylation is 1. The van der Waals surface area contributed by atoms with Crippen LogP contribution in [0.15, 0.2) is 42.9 Å². The summed E-state index contributed by atoms with van der Waals surface area (Å²) in [5.41, 5.74) is 7.77. The van der Waals surface area contributed by atoms with Crippen LogP contribution in [0.3, 0.4) is 0 Å². The predicted octanol–water partition coefficient (Wildman–Crippen LogP) is 3.92. The summed E-state index contributed by atoms with van der Waals surface area (Å²) in [7, 11) is 0. The summed E-state index contributed by atoms with van der Waals surface area (Å²) in [6.07, 6.45) is 3.02. The summed E-state index contributed by atoms with van der Waals surface area (Å²) < 4.78 is 15.1. The number of pyridine rings is 1. The highest BCUT2D eigenvalue weighted by molar-refractivity contribution is 7.22. The smallest absolute Gasteiger partial charge is 0.151 e. The van der Waals surface area contributed by atoms with Crippen molar-refractivity contribution in [3.63, 3.8) is 0 Å². The number of rotatable bonds is 3.